The first-order valence-corrected chi connectivity index (χ1v) is 4.53. The molecule has 0 aliphatic rings. The Labute approximate surface area is 75.4 Å². The molecule has 0 amide bonds. The highest BCUT2D eigenvalue weighted by atomic mass is 32.1. The van der Waals surface area contributed by atoms with Gasteiger partial charge >= 0.3 is 5.97 Å². The topological polar surface area (TPSA) is 39.2 Å². The summed E-state index contributed by atoms with van der Waals surface area (Å²) in [7, 11) is 0. The van der Waals surface area contributed by atoms with Crippen LogP contribution in [0.3, 0.4) is 0 Å². The van der Waals surface area contributed by atoms with Crippen molar-refractivity contribution in [3.05, 3.63) is 16.1 Å². The van der Waals surface area contributed by atoms with Crippen molar-refractivity contribution in [3.63, 3.8) is 0 Å². The van der Waals surface area contributed by atoms with Crippen LogP contribution in [0.1, 0.15) is 17.5 Å². The summed E-state index contributed by atoms with van der Waals surface area (Å²) in [6.07, 6.45) is 0.264. The number of ether oxygens (including phenoxy) is 1. The van der Waals surface area contributed by atoms with Gasteiger partial charge in [-0.3, -0.25) is 4.79 Å². The van der Waals surface area contributed by atoms with Gasteiger partial charge in [0.1, 0.15) is 0 Å². The van der Waals surface area contributed by atoms with Gasteiger partial charge in [-0.2, -0.15) is 0 Å². The second-order valence-corrected chi connectivity index (χ2v) is 3.29. The van der Waals surface area contributed by atoms with Crippen LogP contribution in [-0.2, 0) is 16.0 Å². The molecule has 0 unspecified atom stereocenters. The molecule has 0 N–H and O–H groups in total. The number of esters is 1. The molecule has 0 aromatic carbocycles. The average Bonchev–Trinajstić information content (AvgIpc) is 2.37. The summed E-state index contributed by atoms with van der Waals surface area (Å²) in [5, 5.41) is 0. The van der Waals surface area contributed by atoms with Crippen LogP contribution >= 0.6 is 11.3 Å². The monoisotopic (exact) mass is 184 g/mol. The Morgan fingerprint density at radius 3 is 3.00 bits per heavy atom. The second-order valence-electron chi connectivity index (χ2n) is 2.29. The fraction of sp³-hybridized carbons (Fsp3) is 0.500. The Morgan fingerprint density at radius 2 is 2.50 bits per heavy atom. The zero-order valence-corrected chi connectivity index (χ0v) is 7.90. The van der Waals surface area contributed by atoms with Gasteiger partial charge in [0.25, 0.3) is 0 Å². The van der Waals surface area contributed by atoms with Gasteiger partial charge in [0.15, 0.2) is 5.51 Å². The third-order valence-corrected chi connectivity index (χ3v) is 2.13. The molecule has 65 valence electrons. The Kier molecular flexibility index (Phi) is 3.22. The molecule has 0 fully saturated rings. The Hall–Kier alpha value is -0.900. The van der Waals surface area contributed by atoms with Crippen LogP contribution in [0, 0.1) is 12.4 Å². The fourth-order valence-corrected chi connectivity index (χ4v) is 1.33. The lowest BCUT2D eigenvalue weighted by Crippen LogP contribution is -2.08. The molecule has 0 spiro atoms. The maximum Gasteiger partial charge on any atom is 0.311 e. The summed E-state index contributed by atoms with van der Waals surface area (Å²) in [6, 6.07) is 0. The summed E-state index contributed by atoms with van der Waals surface area (Å²) in [4.78, 5) is 16.0. The number of hydrogen-bond donors (Lipinski definition) is 0. The quantitative estimate of drug-likeness (QED) is 0.666. The molecular weight excluding hydrogens is 174 g/mol. The van der Waals surface area contributed by atoms with Crippen molar-refractivity contribution >= 4 is 17.3 Å². The van der Waals surface area contributed by atoms with E-state index in [2.05, 4.69) is 10.5 Å². The lowest BCUT2D eigenvalue weighted by molar-refractivity contribution is -0.142. The Morgan fingerprint density at radius 1 is 1.75 bits per heavy atom. The highest BCUT2D eigenvalue weighted by molar-refractivity contribution is 7.09. The summed E-state index contributed by atoms with van der Waals surface area (Å²) in [6.45, 7) is 4.13. The maximum atomic E-state index is 11.0. The first-order valence-electron chi connectivity index (χ1n) is 3.72. The van der Waals surface area contributed by atoms with Gasteiger partial charge in [-0.1, -0.05) is 0 Å². The van der Waals surface area contributed by atoms with Crippen LogP contribution in [-0.4, -0.2) is 17.6 Å². The molecule has 0 saturated heterocycles. The van der Waals surface area contributed by atoms with Crippen molar-refractivity contribution in [2.45, 2.75) is 20.3 Å². The van der Waals surface area contributed by atoms with Gasteiger partial charge in [-0.15, -0.1) is 11.3 Å². The Balaban J connectivity index is 2.52. The third kappa shape index (κ3) is 2.30. The molecule has 0 saturated carbocycles. The number of nitrogens with zero attached hydrogens (tertiary/aromatic N) is 1. The minimum Gasteiger partial charge on any atom is -0.466 e. The molecular formula is C8H10NO2S. The molecule has 4 heteroatoms. The van der Waals surface area contributed by atoms with Crippen molar-refractivity contribution in [1.29, 1.82) is 0 Å². The molecule has 1 radical (unpaired) electrons. The highest BCUT2D eigenvalue weighted by Gasteiger charge is 2.08. The van der Waals surface area contributed by atoms with E-state index in [4.69, 9.17) is 4.74 Å². The fourth-order valence-electron chi connectivity index (χ4n) is 0.797. The lowest BCUT2D eigenvalue weighted by Gasteiger charge is -1.98. The molecule has 1 heterocycles. The molecule has 0 aliphatic carbocycles. The average molecular weight is 184 g/mol. The molecule has 0 atom stereocenters. The number of aromatic nitrogens is 1. The zero-order valence-electron chi connectivity index (χ0n) is 7.09. The minimum absolute atomic E-state index is 0.222. The van der Waals surface area contributed by atoms with E-state index in [1.54, 1.807) is 6.92 Å². The molecule has 12 heavy (non-hydrogen) atoms. The van der Waals surface area contributed by atoms with E-state index in [-0.39, 0.29) is 12.4 Å². The summed E-state index contributed by atoms with van der Waals surface area (Å²) in [5.41, 5.74) is 3.51. The van der Waals surface area contributed by atoms with Gasteiger partial charge in [0, 0.05) is 4.88 Å². The number of carbonyl (C=O) groups excluding carboxylic acids is 1. The number of rotatable bonds is 3. The van der Waals surface area contributed by atoms with Gasteiger partial charge in [-0.25, -0.2) is 4.98 Å². The summed E-state index contributed by atoms with van der Waals surface area (Å²) >= 11 is 1.42. The summed E-state index contributed by atoms with van der Waals surface area (Å²) < 4.78 is 4.78. The summed E-state index contributed by atoms with van der Waals surface area (Å²) in [5.74, 6) is -0.222. The SMILES string of the molecule is CCOC(=O)Cc1n[c]sc1C. The largest absolute Gasteiger partial charge is 0.466 e. The van der Waals surface area contributed by atoms with Crippen LogP contribution < -0.4 is 0 Å². The van der Waals surface area contributed by atoms with E-state index < -0.39 is 0 Å². The first-order chi connectivity index (χ1) is 5.74. The Bertz CT molecular complexity index is 270. The molecule has 3 nitrogen and oxygen atoms in total. The molecule has 1 aromatic rings. The van der Waals surface area contributed by atoms with Gasteiger partial charge in [0.05, 0.1) is 18.7 Å². The second kappa shape index (κ2) is 4.21. The smallest absolute Gasteiger partial charge is 0.311 e. The van der Waals surface area contributed by atoms with Crippen LogP contribution in [0.5, 0.6) is 0 Å². The van der Waals surface area contributed by atoms with E-state index in [1.807, 2.05) is 6.92 Å². The van der Waals surface area contributed by atoms with E-state index in [9.17, 15) is 4.79 Å². The lowest BCUT2D eigenvalue weighted by atomic mass is 10.3. The van der Waals surface area contributed by atoms with Crippen molar-refractivity contribution in [2.24, 2.45) is 0 Å². The van der Waals surface area contributed by atoms with Crippen LogP contribution in [0.2, 0.25) is 0 Å². The maximum absolute atomic E-state index is 11.0. The zero-order chi connectivity index (χ0) is 8.97. The van der Waals surface area contributed by atoms with Gasteiger partial charge < -0.3 is 4.74 Å². The van der Waals surface area contributed by atoms with E-state index in [0.717, 1.165) is 10.6 Å². The van der Waals surface area contributed by atoms with Crippen LogP contribution in [0.15, 0.2) is 0 Å². The van der Waals surface area contributed by atoms with Crippen molar-refractivity contribution in [2.75, 3.05) is 6.61 Å². The predicted octanol–water partition coefficient (Wildman–Crippen LogP) is 1.36. The minimum atomic E-state index is -0.222. The van der Waals surface area contributed by atoms with E-state index in [1.165, 1.54) is 11.3 Å². The number of hydrogen-bond acceptors (Lipinski definition) is 4. The standard InChI is InChI=1S/C8H10NO2S/c1-3-11-8(10)4-7-6(2)12-5-9-7/h3-4H2,1-2H3. The first kappa shape index (κ1) is 9.19. The highest BCUT2D eigenvalue weighted by Crippen LogP contribution is 2.11. The van der Waals surface area contributed by atoms with Gasteiger partial charge in [-0.05, 0) is 13.8 Å². The van der Waals surface area contributed by atoms with Crippen LogP contribution in [0.25, 0.3) is 0 Å². The van der Waals surface area contributed by atoms with E-state index >= 15 is 0 Å². The molecule has 0 bridgehead atoms. The third-order valence-electron chi connectivity index (χ3n) is 1.40. The van der Waals surface area contributed by atoms with Crippen molar-refractivity contribution < 1.29 is 9.53 Å². The number of aryl methyl sites for hydroxylation is 1. The normalized spacial score (nSPS) is 9.83. The van der Waals surface area contributed by atoms with Gasteiger partial charge in [0.2, 0.25) is 0 Å². The van der Waals surface area contributed by atoms with Crippen molar-refractivity contribution in [3.8, 4) is 0 Å². The number of carbonyl (C=O) groups is 1. The molecule has 0 aliphatic heterocycles. The predicted molar refractivity (Wildman–Crippen MR) is 46.0 cm³/mol. The molecule has 1 aromatic heterocycles. The van der Waals surface area contributed by atoms with Crippen LogP contribution in [0.4, 0.5) is 0 Å². The number of thiazole rings is 1. The van der Waals surface area contributed by atoms with Crippen molar-refractivity contribution in [1.82, 2.24) is 4.98 Å². The molecule has 1 rings (SSSR count). The van der Waals surface area contributed by atoms with E-state index in [0.29, 0.717) is 6.61 Å².